The van der Waals surface area contributed by atoms with Crippen molar-refractivity contribution in [1.82, 2.24) is 10.3 Å². The molecular formula is C9H11BF2N2O2. The van der Waals surface area contributed by atoms with Gasteiger partial charge < -0.3 is 14.6 Å². The first-order valence-electron chi connectivity index (χ1n) is 5.02. The summed E-state index contributed by atoms with van der Waals surface area (Å²) in [6, 6.07) is 2.23. The van der Waals surface area contributed by atoms with Crippen molar-refractivity contribution < 1.29 is 18.1 Å². The first-order valence-corrected chi connectivity index (χ1v) is 5.02. The summed E-state index contributed by atoms with van der Waals surface area (Å²) < 4.78 is 36.4. The Labute approximate surface area is 92.1 Å². The predicted molar refractivity (Wildman–Crippen MR) is 54.3 cm³/mol. The van der Waals surface area contributed by atoms with E-state index in [1.807, 2.05) is 0 Å². The van der Waals surface area contributed by atoms with Crippen LogP contribution in [0.4, 0.5) is 8.78 Å². The maximum atomic E-state index is 12.9. The fourth-order valence-corrected chi connectivity index (χ4v) is 1.46. The molecule has 1 N–H and O–H groups in total. The normalized spacial score (nSPS) is 18.0. The summed E-state index contributed by atoms with van der Waals surface area (Å²) in [7, 11) is -0.728. The highest BCUT2D eigenvalue weighted by Crippen LogP contribution is 1.99. The minimum absolute atomic E-state index is 0.312. The zero-order valence-electron chi connectivity index (χ0n) is 8.58. The Hall–Kier alpha value is -1.05. The van der Waals surface area contributed by atoms with Crippen LogP contribution in [0.25, 0.3) is 0 Å². The van der Waals surface area contributed by atoms with E-state index in [2.05, 4.69) is 10.3 Å². The molecule has 7 heteroatoms. The number of hydrogen-bond acceptors (Lipinski definition) is 4. The van der Waals surface area contributed by atoms with Gasteiger partial charge in [-0.3, -0.25) is 0 Å². The first-order chi connectivity index (χ1) is 7.75. The van der Waals surface area contributed by atoms with Crippen LogP contribution in [0.5, 0.6) is 0 Å². The van der Waals surface area contributed by atoms with Crippen LogP contribution in [0.3, 0.4) is 0 Å². The maximum absolute atomic E-state index is 12.9. The van der Waals surface area contributed by atoms with Gasteiger partial charge in [0.05, 0.1) is 0 Å². The molecule has 1 aliphatic rings. The van der Waals surface area contributed by atoms with Gasteiger partial charge in [-0.2, -0.15) is 13.8 Å². The Morgan fingerprint density at radius 1 is 1.12 bits per heavy atom. The summed E-state index contributed by atoms with van der Waals surface area (Å²) in [4.78, 5) is 3.01. The van der Waals surface area contributed by atoms with Gasteiger partial charge in [0.1, 0.15) is 0 Å². The van der Waals surface area contributed by atoms with Gasteiger partial charge in [0.2, 0.25) is 11.9 Å². The minimum Gasteiger partial charge on any atom is -0.406 e. The summed E-state index contributed by atoms with van der Waals surface area (Å²) in [5, 5.41) is 3.07. The largest absolute Gasteiger partial charge is 0.494 e. The van der Waals surface area contributed by atoms with E-state index < -0.39 is 19.0 Å². The standard InChI is InChI=1S/C9H11BF2N2O2/c11-8-5-7(6-9(12)14-8)10-15-3-1-13-2-4-16-10/h5-6,13H,1-4H2. The predicted octanol–water partition coefficient (Wildman–Crippen LogP) is -0.309. The highest BCUT2D eigenvalue weighted by Gasteiger charge is 2.24. The second-order valence-corrected chi connectivity index (χ2v) is 3.37. The van der Waals surface area contributed by atoms with Gasteiger partial charge >= 0.3 is 7.12 Å². The van der Waals surface area contributed by atoms with E-state index in [4.69, 9.17) is 9.31 Å². The van der Waals surface area contributed by atoms with Crippen molar-refractivity contribution in [3.8, 4) is 0 Å². The molecule has 0 amide bonds. The molecule has 1 aromatic rings. The van der Waals surface area contributed by atoms with Crippen molar-refractivity contribution in [3.05, 3.63) is 24.0 Å². The average molecular weight is 228 g/mol. The molecule has 0 radical (unpaired) electrons. The van der Waals surface area contributed by atoms with Crippen LogP contribution in [0, 0.1) is 11.9 Å². The van der Waals surface area contributed by atoms with Crippen LogP contribution in [-0.4, -0.2) is 38.4 Å². The Morgan fingerprint density at radius 3 is 2.25 bits per heavy atom. The summed E-state index contributed by atoms with van der Waals surface area (Å²) in [6.45, 7) is 2.23. The van der Waals surface area contributed by atoms with Crippen LogP contribution in [0.2, 0.25) is 0 Å². The van der Waals surface area contributed by atoms with E-state index in [0.29, 0.717) is 31.8 Å². The van der Waals surface area contributed by atoms with E-state index in [9.17, 15) is 8.78 Å². The van der Waals surface area contributed by atoms with E-state index in [1.54, 1.807) is 0 Å². The summed E-state index contributed by atoms with van der Waals surface area (Å²) in [6.07, 6.45) is 0. The van der Waals surface area contributed by atoms with Gasteiger partial charge in [-0.25, -0.2) is 0 Å². The molecule has 0 saturated carbocycles. The lowest BCUT2D eigenvalue weighted by atomic mass is 9.79. The van der Waals surface area contributed by atoms with Crippen molar-refractivity contribution in [2.75, 3.05) is 26.3 Å². The minimum atomic E-state index is -0.873. The van der Waals surface area contributed by atoms with Gasteiger partial charge in [-0.1, -0.05) is 0 Å². The first kappa shape index (κ1) is 11.4. The van der Waals surface area contributed by atoms with Crippen LogP contribution in [0.15, 0.2) is 12.1 Å². The zero-order valence-corrected chi connectivity index (χ0v) is 8.58. The third-order valence-corrected chi connectivity index (χ3v) is 2.15. The second-order valence-electron chi connectivity index (χ2n) is 3.37. The van der Waals surface area contributed by atoms with Crippen molar-refractivity contribution >= 4 is 12.6 Å². The molecule has 1 saturated heterocycles. The van der Waals surface area contributed by atoms with E-state index in [0.717, 1.165) is 12.1 Å². The van der Waals surface area contributed by atoms with Crippen molar-refractivity contribution in [1.29, 1.82) is 0 Å². The number of nitrogens with zero attached hydrogens (tertiary/aromatic N) is 1. The summed E-state index contributed by atoms with van der Waals surface area (Å²) in [5.74, 6) is -1.75. The van der Waals surface area contributed by atoms with Gasteiger partial charge in [-0.05, 0) is 17.6 Å². The zero-order chi connectivity index (χ0) is 11.4. The van der Waals surface area contributed by atoms with Gasteiger partial charge in [0.15, 0.2) is 0 Å². The fourth-order valence-electron chi connectivity index (χ4n) is 1.46. The molecule has 2 heterocycles. The molecule has 1 aromatic heterocycles. The van der Waals surface area contributed by atoms with Gasteiger partial charge in [0, 0.05) is 26.3 Å². The fraction of sp³-hybridized carbons (Fsp3) is 0.444. The molecule has 1 aliphatic heterocycles. The van der Waals surface area contributed by atoms with E-state index in [1.165, 1.54) is 0 Å². The van der Waals surface area contributed by atoms with Crippen LogP contribution >= 0.6 is 0 Å². The molecule has 4 nitrogen and oxygen atoms in total. The van der Waals surface area contributed by atoms with Crippen molar-refractivity contribution in [3.63, 3.8) is 0 Å². The molecule has 0 unspecified atom stereocenters. The van der Waals surface area contributed by atoms with Crippen LogP contribution in [0.1, 0.15) is 0 Å². The van der Waals surface area contributed by atoms with E-state index in [-0.39, 0.29) is 0 Å². The Kier molecular flexibility index (Phi) is 3.81. The number of pyridine rings is 1. The molecule has 0 aromatic carbocycles. The number of halogens is 2. The molecular weight excluding hydrogens is 217 g/mol. The van der Waals surface area contributed by atoms with Crippen molar-refractivity contribution in [2.45, 2.75) is 0 Å². The quantitative estimate of drug-likeness (QED) is 0.529. The molecule has 0 aliphatic carbocycles. The van der Waals surface area contributed by atoms with E-state index >= 15 is 0 Å². The molecule has 16 heavy (non-hydrogen) atoms. The third kappa shape index (κ3) is 2.97. The smallest absolute Gasteiger partial charge is 0.406 e. The molecule has 86 valence electrons. The molecule has 1 fully saturated rings. The highest BCUT2D eigenvalue weighted by molar-refractivity contribution is 6.61. The topological polar surface area (TPSA) is 43.4 Å². The SMILES string of the molecule is Fc1cc(B2OCCNCCO2)cc(F)n1. The Bertz CT molecular complexity index is 339. The lowest BCUT2D eigenvalue weighted by Gasteiger charge is -2.18. The average Bonchev–Trinajstić information content (AvgIpc) is 2.14. The monoisotopic (exact) mass is 228 g/mol. The number of rotatable bonds is 1. The lowest BCUT2D eigenvalue weighted by molar-refractivity contribution is 0.187. The molecule has 0 bridgehead atoms. The number of nitrogens with one attached hydrogen (secondary N) is 1. The van der Waals surface area contributed by atoms with Crippen LogP contribution < -0.4 is 10.8 Å². The molecule has 0 atom stereocenters. The molecule has 0 spiro atoms. The number of hydrogen-bond donors (Lipinski definition) is 1. The highest BCUT2D eigenvalue weighted by atomic mass is 19.1. The lowest BCUT2D eigenvalue weighted by Crippen LogP contribution is -2.43. The number of aromatic nitrogens is 1. The summed E-state index contributed by atoms with van der Waals surface area (Å²) in [5.41, 5.74) is 0.312. The Morgan fingerprint density at radius 2 is 1.69 bits per heavy atom. The summed E-state index contributed by atoms with van der Waals surface area (Å²) >= 11 is 0. The van der Waals surface area contributed by atoms with Crippen LogP contribution in [-0.2, 0) is 9.31 Å². The molecule has 2 rings (SSSR count). The Balaban J connectivity index is 2.13. The third-order valence-electron chi connectivity index (χ3n) is 2.15. The maximum Gasteiger partial charge on any atom is 0.494 e. The second kappa shape index (κ2) is 5.33. The van der Waals surface area contributed by atoms with Gasteiger partial charge in [-0.15, -0.1) is 0 Å². The van der Waals surface area contributed by atoms with Crippen molar-refractivity contribution in [2.24, 2.45) is 0 Å². The van der Waals surface area contributed by atoms with Gasteiger partial charge in [0.25, 0.3) is 0 Å².